The molecule has 1 unspecified atom stereocenters. The molecule has 0 aromatic heterocycles. The second kappa shape index (κ2) is 9.48. The Labute approximate surface area is 193 Å². The molecule has 2 aromatic rings. The standard InChI is InChI=1S/C24H27Cl2N3O2/c1-24(2,3)22(23(30)31)28-11-10-19(15-28)29(14-17-6-4-5-7-20(17)25)18-9-8-16(13-27)21(26)12-18/h4-9,12,19,22H,10-11,14-15H2,1-3H3,(H,30,31)/t19-,22?/m0/s1. The summed E-state index contributed by atoms with van der Waals surface area (Å²) in [5.41, 5.74) is 1.91. The predicted octanol–water partition coefficient (Wildman–Crippen LogP) is 5.45. The number of anilines is 1. The van der Waals surface area contributed by atoms with E-state index in [9.17, 15) is 15.2 Å². The van der Waals surface area contributed by atoms with Gasteiger partial charge in [0.1, 0.15) is 12.1 Å². The lowest BCUT2D eigenvalue weighted by atomic mass is 9.86. The van der Waals surface area contributed by atoms with Crippen molar-refractivity contribution in [1.29, 1.82) is 5.26 Å². The van der Waals surface area contributed by atoms with Crippen LogP contribution >= 0.6 is 23.2 Å². The number of nitrogens with zero attached hydrogens (tertiary/aromatic N) is 3. The van der Waals surface area contributed by atoms with Gasteiger partial charge in [0.25, 0.3) is 0 Å². The van der Waals surface area contributed by atoms with Gasteiger partial charge in [0, 0.05) is 36.4 Å². The first-order valence-corrected chi connectivity index (χ1v) is 11.0. The van der Waals surface area contributed by atoms with E-state index in [2.05, 4.69) is 15.9 Å². The van der Waals surface area contributed by atoms with Crippen LogP contribution in [-0.2, 0) is 11.3 Å². The first-order valence-electron chi connectivity index (χ1n) is 10.3. The number of rotatable bonds is 6. The zero-order chi connectivity index (χ0) is 22.8. The number of halogens is 2. The second-order valence-corrected chi connectivity index (χ2v) is 9.85. The minimum absolute atomic E-state index is 0.0875. The smallest absolute Gasteiger partial charge is 0.321 e. The van der Waals surface area contributed by atoms with Gasteiger partial charge in [0.05, 0.1) is 10.6 Å². The quantitative estimate of drug-likeness (QED) is 0.622. The third kappa shape index (κ3) is 5.33. The molecule has 1 fully saturated rings. The van der Waals surface area contributed by atoms with Crippen molar-refractivity contribution in [3.8, 4) is 6.07 Å². The third-order valence-electron chi connectivity index (χ3n) is 5.76. The maximum absolute atomic E-state index is 12.0. The number of nitriles is 1. The number of benzene rings is 2. The summed E-state index contributed by atoms with van der Waals surface area (Å²) in [6, 6.07) is 14.7. The lowest BCUT2D eigenvalue weighted by Gasteiger charge is -2.36. The molecule has 2 aromatic carbocycles. The Morgan fingerprint density at radius 1 is 1.26 bits per heavy atom. The maximum atomic E-state index is 12.0. The average molecular weight is 460 g/mol. The molecule has 1 heterocycles. The van der Waals surface area contributed by atoms with Gasteiger partial charge >= 0.3 is 5.97 Å². The molecule has 5 nitrogen and oxygen atoms in total. The summed E-state index contributed by atoms with van der Waals surface area (Å²) in [5, 5.41) is 20.2. The normalized spacial score (nSPS) is 17.9. The van der Waals surface area contributed by atoms with Crippen LogP contribution in [0.1, 0.15) is 38.3 Å². The van der Waals surface area contributed by atoms with E-state index in [4.69, 9.17) is 23.2 Å². The van der Waals surface area contributed by atoms with Gasteiger partial charge in [-0.25, -0.2) is 0 Å². The molecule has 0 saturated carbocycles. The molecule has 1 aliphatic rings. The fraction of sp³-hybridized carbons (Fsp3) is 0.417. The Balaban J connectivity index is 1.94. The van der Waals surface area contributed by atoms with Gasteiger partial charge in [0.15, 0.2) is 0 Å². The van der Waals surface area contributed by atoms with Gasteiger partial charge in [-0.2, -0.15) is 5.26 Å². The third-order valence-corrected chi connectivity index (χ3v) is 6.44. The molecule has 164 valence electrons. The average Bonchev–Trinajstić information content (AvgIpc) is 3.14. The molecular formula is C24H27Cl2N3O2. The SMILES string of the molecule is CC(C)(C)C(C(=O)O)N1CC[C@H](N(Cc2ccccc2Cl)c2ccc(C#N)c(Cl)c2)C1. The molecule has 0 amide bonds. The fourth-order valence-electron chi connectivity index (χ4n) is 4.35. The summed E-state index contributed by atoms with van der Waals surface area (Å²) < 4.78 is 0. The van der Waals surface area contributed by atoms with Crippen molar-refractivity contribution in [2.45, 2.75) is 45.8 Å². The van der Waals surface area contributed by atoms with E-state index in [1.807, 2.05) is 51.1 Å². The van der Waals surface area contributed by atoms with Gasteiger partial charge < -0.3 is 10.0 Å². The summed E-state index contributed by atoms with van der Waals surface area (Å²) in [6.45, 7) is 7.76. The van der Waals surface area contributed by atoms with Crippen molar-refractivity contribution < 1.29 is 9.90 Å². The molecule has 1 N–H and O–H groups in total. The van der Waals surface area contributed by atoms with Crippen molar-refractivity contribution >= 4 is 34.9 Å². The topological polar surface area (TPSA) is 67.6 Å². The molecule has 0 bridgehead atoms. The van der Waals surface area contributed by atoms with E-state index < -0.39 is 12.0 Å². The molecule has 0 aliphatic carbocycles. The van der Waals surface area contributed by atoms with Crippen LogP contribution in [0, 0.1) is 16.7 Å². The molecule has 0 spiro atoms. The fourth-order valence-corrected chi connectivity index (χ4v) is 4.76. The summed E-state index contributed by atoms with van der Waals surface area (Å²) in [4.78, 5) is 16.3. The lowest BCUT2D eigenvalue weighted by Crippen LogP contribution is -2.49. The molecule has 31 heavy (non-hydrogen) atoms. The van der Waals surface area contributed by atoms with E-state index in [0.29, 0.717) is 35.2 Å². The highest BCUT2D eigenvalue weighted by molar-refractivity contribution is 6.32. The summed E-state index contributed by atoms with van der Waals surface area (Å²) in [7, 11) is 0. The largest absolute Gasteiger partial charge is 0.480 e. The number of hydrogen-bond acceptors (Lipinski definition) is 4. The van der Waals surface area contributed by atoms with Crippen LogP contribution in [0.4, 0.5) is 5.69 Å². The Bertz CT molecular complexity index is 997. The number of hydrogen-bond donors (Lipinski definition) is 1. The summed E-state index contributed by atoms with van der Waals surface area (Å²) >= 11 is 12.8. The van der Waals surface area contributed by atoms with Crippen LogP contribution in [0.25, 0.3) is 0 Å². The molecule has 7 heteroatoms. The van der Waals surface area contributed by atoms with E-state index in [0.717, 1.165) is 17.7 Å². The first kappa shape index (κ1) is 23.4. The van der Waals surface area contributed by atoms with Gasteiger partial charge in [-0.3, -0.25) is 9.69 Å². The Morgan fingerprint density at radius 3 is 2.55 bits per heavy atom. The molecule has 2 atom stereocenters. The first-order chi connectivity index (χ1) is 14.6. The number of likely N-dealkylation sites (tertiary alicyclic amines) is 1. The van der Waals surface area contributed by atoms with E-state index in [1.54, 1.807) is 12.1 Å². The van der Waals surface area contributed by atoms with Crippen LogP contribution in [-0.4, -0.2) is 41.1 Å². The summed E-state index contributed by atoms with van der Waals surface area (Å²) in [6.07, 6.45) is 0.821. The number of aliphatic carboxylic acids is 1. The van der Waals surface area contributed by atoms with Gasteiger partial charge in [-0.15, -0.1) is 0 Å². The number of carboxylic acid groups (broad SMARTS) is 1. The van der Waals surface area contributed by atoms with Gasteiger partial charge in [0.2, 0.25) is 0 Å². The van der Waals surface area contributed by atoms with Gasteiger partial charge in [-0.1, -0.05) is 62.2 Å². The van der Waals surface area contributed by atoms with Crippen LogP contribution in [0.3, 0.4) is 0 Å². The van der Waals surface area contributed by atoms with E-state index in [-0.39, 0.29) is 11.5 Å². The van der Waals surface area contributed by atoms with Crippen molar-refractivity contribution in [2.24, 2.45) is 5.41 Å². The van der Waals surface area contributed by atoms with Crippen LogP contribution in [0.15, 0.2) is 42.5 Å². The monoisotopic (exact) mass is 459 g/mol. The Morgan fingerprint density at radius 2 is 1.97 bits per heavy atom. The molecule has 0 radical (unpaired) electrons. The van der Waals surface area contributed by atoms with E-state index >= 15 is 0 Å². The molecule has 3 rings (SSSR count). The molecular weight excluding hydrogens is 433 g/mol. The highest BCUT2D eigenvalue weighted by Gasteiger charge is 2.41. The van der Waals surface area contributed by atoms with Gasteiger partial charge in [-0.05, 0) is 41.7 Å². The highest BCUT2D eigenvalue weighted by atomic mass is 35.5. The second-order valence-electron chi connectivity index (χ2n) is 9.04. The summed E-state index contributed by atoms with van der Waals surface area (Å²) in [5.74, 6) is -0.799. The highest BCUT2D eigenvalue weighted by Crippen LogP contribution is 2.33. The zero-order valence-electron chi connectivity index (χ0n) is 18.0. The van der Waals surface area contributed by atoms with E-state index in [1.165, 1.54) is 0 Å². The number of carbonyl (C=O) groups is 1. The van der Waals surface area contributed by atoms with Crippen molar-refractivity contribution in [1.82, 2.24) is 4.90 Å². The van der Waals surface area contributed by atoms with Crippen LogP contribution in [0.5, 0.6) is 0 Å². The molecule has 1 saturated heterocycles. The maximum Gasteiger partial charge on any atom is 0.321 e. The van der Waals surface area contributed by atoms with Crippen LogP contribution in [0.2, 0.25) is 10.0 Å². The van der Waals surface area contributed by atoms with Crippen molar-refractivity contribution in [3.63, 3.8) is 0 Å². The predicted molar refractivity (Wildman–Crippen MR) is 125 cm³/mol. The number of carboxylic acids is 1. The minimum Gasteiger partial charge on any atom is -0.480 e. The Kier molecular flexibility index (Phi) is 7.16. The minimum atomic E-state index is -0.799. The van der Waals surface area contributed by atoms with Crippen LogP contribution < -0.4 is 4.90 Å². The molecule has 1 aliphatic heterocycles. The lowest BCUT2D eigenvalue weighted by molar-refractivity contribution is -0.147. The zero-order valence-corrected chi connectivity index (χ0v) is 19.5. The Hall–Kier alpha value is -2.26. The van der Waals surface area contributed by atoms with Crippen molar-refractivity contribution in [3.05, 3.63) is 63.6 Å². The van der Waals surface area contributed by atoms with Crippen molar-refractivity contribution in [2.75, 3.05) is 18.0 Å².